The lowest BCUT2D eigenvalue weighted by molar-refractivity contribution is -0.385. The minimum atomic E-state index is -4.70. The normalized spacial score (nSPS) is 10.9. The third kappa shape index (κ3) is 14.4. The summed E-state index contributed by atoms with van der Waals surface area (Å²) >= 11 is 9.70. The van der Waals surface area contributed by atoms with Crippen molar-refractivity contribution in [1.82, 2.24) is 0 Å². The third-order valence-corrected chi connectivity index (χ3v) is 5.37. The molecule has 0 aliphatic heterocycles. The fourth-order valence-electron chi connectivity index (χ4n) is 2.10. The number of phenols is 1. The second-order valence-corrected chi connectivity index (χ2v) is 8.96. The van der Waals surface area contributed by atoms with Crippen molar-refractivity contribution in [2.45, 2.75) is 25.2 Å². The topological polar surface area (TPSA) is 116 Å². The summed E-state index contributed by atoms with van der Waals surface area (Å²) in [5.74, 6) is -0.941. The summed E-state index contributed by atoms with van der Waals surface area (Å²) in [7, 11) is 0. The molecule has 0 aromatic heterocycles. The van der Waals surface area contributed by atoms with Gasteiger partial charge < -0.3 is 9.84 Å². The Kier molecular flexibility index (Phi) is 15.7. The van der Waals surface area contributed by atoms with Gasteiger partial charge in [0.25, 0.3) is 11.4 Å². The predicted octanol–water partition coefficient (Wildman–Crippen LogP) is 8.26. The first-order valence-corrected chi connectivity index (χ1v) is 13.2. The van der Waals surface area contributed by atoms with Crippen LogP contribution in [-0.4, -0.2) is 37.6 Å². The van der Waals surface area contributed by atoms with E-state index in [4.69, 9.17) is 9.84 Å². The van der Waals surface area contributed by atoms with Crippen LogP contribution in [0.15, 0.2) is 36.4 Å². The Bertz CT molecular complexity index is 1020. The van der Waals surface area contributed by atoms with Gasteiger partial charge in [-0.05, 0) is 25.0 Å². The van der Waals surface area contributed by atoms with E-state index >= 15 is 0 Å². The summed E-state index contributed by atoms with van der Waals surface area (Å²) in [4.78, 5) is 18.8. The van der Waals surface area contributed by atoms with Crippen LogP contribution in [-0.2, 0) is 12.4 Å². The van der Waals surface area contributed by atoms with E-state index in [1.54, 1.807) is 0 Å². The first-order valence-electron chi connectivity index (χ1n) is 9.79. The molecule has 1 N–H and O–H groups in total. The highest BCUT2D eigenvalue weighted by molar-refractivity contribution is 9.09. The maximum Gasteiger partial charge on any atom is 0.416 e. The molecule has 0 spiro atoms. The zero-order valence-electron chi connectivity index (χ0n) is 18.5. The Balaban J connectivity index is 0.000000605. The molecule has 0 saturated heterocycles. The van der Waals surface area contributed by atoms with Gasteiger partial charge >= 0.3 is 12.4 Å². The van der Waals surface area contributed by atoms with Gasteiger partial charge in [0.05, 0.1) is 39.7 Å². The number of hydrogen-bond donors (Lipinski definition) is 1. The lowest BCUT2D eigenvalue weighted by Gasteiger charge is -2.10. The van der Waals surface area contributed by atoms with Gasteiger partial charge in [-0.3, -0.25) is 20.2 Å². The van der Waals surface area contributed by atoms with E-state index in [0.717, 1.165) is 22.8 Å². The number of benzene rings is 2. The van der Waals surface area contributed by atoms with Gasteiger partial charge in [0, 0.05) is 28.1 Å². The SMILES string of the molecule is BrCCCBr.O=[N+]([O-])c1cc(O)cc(C(F)(F)F)c1.O=[N+]([O-])c1cc(OCCCBr)cc(C(F)(F)F)c1. The molecule has 0 saturated carbocycles. The monoisotopic (exact) mass is 734 g/mol. The van der Waals surface area contributed by atoms with E-state index in [0.29, 0.717) is 36.0 Å². The van der Waals surface area contributed by atoms with Gasteiger partial charge in [0.15, 0.2) is 0 Å². The van der Waals surface area contributed by atoms with Crippen LogP contribution in [0.3, 0.4) is 0 Å². The van der Waals surface area contributed by atoms with Crippen LogP contribution in [0.25, 0.3) is 0 Å². The third-order valence-electron chi connectivity index (χ3n) is 3.68. The van der Waals surface area contributed by atoms with Crippen LogP contribution in [0, 0.1) is 20.2 Å². The second-order valence-electron chi connectivity index (χ2n) is 6.59. The predicted molar refractivity (Wildman–Crippen MR) is 134 cm³/mol. The molecule has 37 heavy (non-hydrogen) atoms. The number of nitro groups is 2. The molecule has 2 rings (SSSR count). The first kappa shape index (κ1) is 34.9. The van der Waals surface area contributed by atoms with Crippen LogP contribution in [0.1, 0.15) is 24.0 Å². The lowest BCUT2D eigenvalue weighted by Crippen LogP contribution is -2.07. The zero-order chi connectivity index (χ0) is 28.8. The minimum Gasteiger partial charge on any atom is -0.508 e. The molecule has 17 heteroatoms. The highest BCUT2D eigenvalue weighted by atomic mass is 79.9. The average Bonchev–Trinajstić information content (AvgIpc) is 2.79. The average molecular weight is 737 g/mol. The van der Waals surface area contributed by atoms with Gasteiger partial charge in [0.1, 0.15) is 11.5 Å². The summed E-state index contributed by atoms with van der Waals surface area (Å²) < 4.78 is 78.8. The van der Waals surface area contributed by atoms with Gasteiger partial charge in [-0.15, -0.1) is 0 Å². The highest BCUT2D eigenvalue weighted by Gasteiger charge is 2.33. The molecule has 8 nitrogen and oxygen atoms in total. The molecule has 0 aliphatic rings. The number of halogens is 9. The van der Waals surface area contributed by atoms with Crippen molar-refractivity contribution in [3.05, 3.63) is 67.8 Å². The number of alkyl halides is 9. The molecular formula is C20H19Br3F6N2O6. The Morgan fingerprint density at radius 2 is 1.16 bits per heavy atom. The summed E-state index contributed by atoms with van der Waals surface area (Å²) in [5, 5.41) is 32.4. The summed E-state index contributed by atoms with van der Waals surface area (Å²) in [6, 6.07) is 3.64. The molecule has 208 valence electrons. The van der Waals surface area contributed by atoms with Crippen molar-refractivity contribution in [2.75, 3.05) is 22.6 Å². The Morgan fingerprint density at radius 3 is 1.54 bits per heavy atom. The maximum absolute atomic E-state index is 12.5. The number of aromatic hydroxyl groups is 1. The Labute approximate surface area is 231 Å². The maximum atomic E-state index is 12.5. The highest BCUT2D eigenvalue weighted by Crippen LogP contribution is 2.35. The van der Waals surface area contributed by atoms with Crippen LogP contribution in [0.4, 0.5) is 37.7 Å². The minimum absolute atomic E-state index is 0.155. The van der Waals surface area contributed by atoms with Crippen molar-refractivity contribution in [1.29, 1.82) is 0 Å². The molecule has 0 amide bonds. The van der Waals surface area contributed by atoms with Crippen molar-refractivity contribution in [2.24, 2.45) is 0 Å². The standard InChI is InChI=1S/C10H9BrF3NO3.C7H4F3NO3.C3H6Br2/c11-2-1-3-18-9-5-7(10(12,13)14)4-8(6-9)15(16)17;8-7(9,10)4-1-5(11(13)14)3-6(12)2-4;4-2-1-3-5/h4-6H,1-3H2;1-3,12H;1-3H2. The molecule has 0 unspecified atom stereocenters. The van der Waals surface area contributed by atoms with Crippen LogP contribution >= 0.6 is 47.8 Å². The van der Waals surface area contributed by atoms with Gasteiger partial charge in [0.2, 0.25) is 0 Å². The van der Waals surface area contributed by atoms with E-state index in [9.17, 15) is 46.6 Å². The molecule has 0 heterocycles. The largest absolute Gasteiger partial charge is 0.508 e. The molecule has 0 radical (unpaired) electrons. The number of non-ortho nitro benzene ring substituents is 2. The van der Waals surface area contributed by atoms with Crippen molar-refractivity contribution in [3.63, 3.8) is 0 Å². The van der Waals surface area contributed by atoms with Gasteiger partial charge in [-0.2, -0.15) is 26.3 Å². The summed E-state index contributed by atoms with van der Waals surface area (Å²) in [6.07, 6.45) is -7.53. The number of hydrogen-bond acceptors (Lipinski definition) is 6. The van der Waals surface area contributed by atoms with Crippen LogP contribution < -0.4 is 4.74 Å². The summed E-state index contributed by atoms with van der Waals surface area (Å²) in [5.41, 5.74) is -3.77. The number of rotatable bonds is 8. The fraction of sp³-hybridized carbons (Fsp3) is 0.400. The Hall–Kier alpha value is -2.14. The molecule has 0 bridgehead atoms. The molecule has 2 aromatic rings. The zero-order valence-corrected chi connectivity index (χ0v) is 23.2. The lowest BCUT2D eigenvalue weighted by atomic mass is 10.2. The Morgan fingerprint density at radius 1 is 0.730 bits per heavy atom. The number of nitro benzene ring substituents is 2. The molecular weight excluding hydrogens is 718 g/mol. The molecule has 0 aliphatic carbocycles. The molecule has 2 aromatic carbocycles. The van der Waals surface area contributed by atoms with E-state index in [2.05, 4.69) is 47.8 Å². The van der Waals surface area contributed by atoms with Crippen molar-refractivity contribution >= 4 is 59.2 Å². The van der Waals surface area contributed by atoms with Gasteiger partial charge in [-0.1, -0.05) is 47.8 Å². The summed E-state index contributed by atoms with van der Waals surface area (Å²) in [6.45, 7) is 0.184. The van der Waals surface area contributed by atoms with Crippen molar-refractivity contribution in [3.8, 4) is 11.5 Å². The second kappa shape index (κ2) is 16.7. The quantitative estimate of drug-likeness (QED) is 0.0960. The van der Waals surface area contributed by atoms with E-state index in [1.165, 1.54) is 6.42 Å². The fourth-order valence-corrected chi connectivity index (χ4v) is 3.64. The molecule has 0 atom stereocenters. The van der Waals surface area contributed by atoms with Crippen LogP contribution in [0.5, 0.6) is 11.5 Å². The number of phenolic OH excluding ortho intramolecular Hbond substituents is 1. The molecule has 0 fully saturated rings. The first-order chi connectivity index (χ1) is 17.1. The van der Waals surface area contributed by atoms with Crippen molar-refractivity contribution < 1.29 is 46.0 Å². The van der Waals surface area contributed by atoms with Crippen LogP contribution in [0.2, 0.25) is 0 Å². The number of ether oxygens (including phenoxy) is 1. The van der Waals surface area contributed by atoms with Gasteiger partial charge in [-0.25, -0.2) is 0 Å². The van der Waals surface area contributed by atoms with E-state index in [-0.39, 0.29) is 12.4 Å². The number of nitrogens with zero attached hydrogens (tertiary/aromatic N) is 2. The van der Waals surface area contributed by atoms with E-state index in [1.807, 2.05) is 0 Å². The smallest absolute Gasteiger partial charge is 0.416 e. The van der Waals surface area contributed by atoms with E-state index < -0.39 is 50.5 Å².